The number of aryl methyl sites for hydroxylation is 1. The Kier molecular flexibility index (Phi) is 4.06. The summed E-state index contributed by atoms with van der Waals surface area (Å²) < 4.78 is 1.98. The summed E-state index contributed by atoms with van der Waals surface area (Å²) in [7, 11) is 0. The normalized spacial score (nSPS) is 11.8. The maximum atomic E-state index is 5.89. The molecule has 1 heterocycles. The van der Waals surface area contributed by atoms with Gasteiger partial charge in [0.15, 0.2) is 5.82 Å². The number of nitrogens with two attached hydrogens (primary N) is 1. The molecule has 20 heavy (non-hydrogen) atoms. The molecule has 0 aliphatic rings. The molecule has 0 atom stereocenters. The molecular weight excluding hydrogens is 250 g/mol. The molecule has 0 fully saturated rings. The highest BCUT2D eigenvalue weighted by Gasteiger charge is 2.30. The van der Waals surface area contributed by atoms with E-state index in [1.807, 2.05) is 29.8 Å². The van der Waals surface area contributed by atoms with Gasteiger partial charge in [-0.15, -0.1) is 5.10 Å². The largest absolute Gasteiger partial charge is 0.399 e. The highest BCUT2D eigenvalue weighted by Crippen LogP contribution is 2.32. The highest BCUT2D eigenvalue weighted by atomic mass is 15.6. The SMILES string of the molecule is CCC(CC)(CC)n1nnnc1-c1ccc(N)c(C)c1. The second kappa shape index (κ2) is 5.61. The van der Waals surface area contributed by atoms with Crippen molar-refractivity contribution in [1.82, 2.24) is 20.2 Å². The second-order valence-corrected chi connectivity index (χ2v) is 5.27. The van der Waals surface area contributed by atoms with E-state index in [0.717, 1.165) is 41.9 Å². The molecule has 2 rings (SSSR count). The Labute approximate surface area is 120 Å². The quantitative estimate of drug-likeness (QED) is 0.849. The van der Waals surface area contributed by atoms with Crippen LogP contribution in [0.1, 0.15) is 45.6 Å². The minimum atomic E-state index is -0.0197. The van der Waals surface area contributed by atoms with Gasteiger partial charge < -0.3 is 5.73 Å². The minimum absolute atomic E-state index is 0.0197. The Morgan fingerprint density at radius 3 is 2.35 bits per heavy atom. The highest BCUT2D eigenvalue weighted by molar-refractivity contribution is 5.62. The number of hydrogen-bond donors (Lipinski definition) is 1. The van der Waals surface area contributed by atoms with E-state index in [1.165, 1.54) is 0 Å². The maximum Gasteiger partial charge on any atom is 0.182 e. The first-order valence-electron chi connectivity index (χ1n) is 7.23. The van der Waals surface area contributed by atoms with Crippen LogP contribution in [-0.4, -0.2) is 20.2 Å². The predicted octanol–water partition coefficient (Wildman–Crippen LogP) is 3.16. The Hall–Kier alpha value is -1.91. The third-order valence-electron chi connectivity index (χ3n) is 4.42. The third kappa shape index (κ3) is 2.28. The molecule has 0 spiro atoms. The van der Waals surface area contributed by atoms with E-state index in [0.29, 0.717) is 0 Å². The van der Waals surface area contributed by atoms with Gasteiger partial charge in [-0.05, 0) is 60.4 Å². The van der Waals surface area contributed by atoms with E-state index in [9.17, 15) is 0 Å². The summed E-state index contributed by atoms with van der Waals surface area (Å²) >= 11 is 0. The third-order valence-corrected chi connectivity index (χ3v) is 4.42. The monoisotopic (exact) mass is 273 g/mol. The van der Waals surface area contributed by atoms with Crippen molar-refractivity contribution >= 4 is 5.69 Å². The molecular formula is C15H23N5. The van der Waals surface area contributed by atoms with Crippen molar-refractivity contribution in [2.45, 2.75) is 52.5 Å². The number of anilines is 1. The number of hydrogen-bond acceptors (Lipinski definition) is 4. The number of nitrogens with zero attached hydrogens (tertiary/aromatic N) is 4. The summed E-state index contributed by atoms with van der Waals surface area (Å²) in [4.78, 5) is 0. The van der Waals surface area contributed by atoms with Gasteiger partial charge in [-0.3, -0.25) is 0 Å². The van der Waals surface area contributed by atoms with Gasteiger partial charge in [-0.1, -0.05) is 20.8 Å². The molecule has 0 radical (unpaired) electrons. The van der Waals surface area contributed by atoms with Crippen LogP contribution in [0.3, 0.4) is 0 Å². The van der Waals surface area contributed by atoms with Crippen molar-refractivity contribution in [3.8, 4) is 11.4 Å². The fourth-order valence-corrected chi connectivity index (χ4v) is 2.70. The number of aromatic nitrogens is 4. The van der Waals surface area contributed by atoms with Gasteiger partial charge in [-0.25, -0.2) is 4.68 Å². The molecule has 1 aromatic carbocycles. The van der Waals surface area contributed by atoms with E-state index >= 15 is 0 Å². The average molecular weight is 273 g/mol. The molecule has 0 saturated carbocycles. The van der Waals surface area contributed by atoms with Crippen molar-refractivity contribution in [3.63, 3.8) is 0 Å². The Morgan fingerprint density at radius 2 is 1.80 bits per heavy atom. The first kappa shape index (κ1) is 14.5. The van der Waals surface area contributed by atoms with Crippen molar-refractivity contribution in [2.24, 2.45) is 0 Å². The van der Waals surface area contributed by atoms with Crippen LogP contribution in [-0.2, 0) is 5.54 Å². The molecule has 5 heteroatoms. The Balaban J connectivity index is 2.54. The zero-order valence-corrected chi connectivity index (χ0v) is 12.7. The van der Waals surface area contributed by atoms with Gasteiger partial charge in [0.1, 0.15) is 0 Å². The van der Waals surface area contributed by atoms with E-state index < -0.39 is 0 Å². The lowest BCUT2D eigenvalue weighted by atomic mass is 9.89. The number of rotatable bonds is 5. The van der Waals surface area contributed by atoms with Crippen molar-refractivity contribution < 1.29 is 0 Å². The number of benzene rings is 1. The number of tetrazole rings is 1. The first-order chi connectivity index (χ1) is 9.57. The van der Waals surface area contributed by atoms with Crippen LogP contribution in [0.2, 0.25) is 0 Å². The van der Waals surface area contributed by atoms with Crippen molar-refractivity contribution in [1.29, 1.82) is 0 Å². The van der Waals surface area contributed by atoms with Crippen LogP contribution >= 0.6 is 0 Å². The molecule has 1 aromatic heterocycles. The van der Waals surface area contributed by atoms with E-state index in [4.69, 9.17) is 5.73 Å². The van der Waals surface area contributed by atoms with Crippen LogP contribution in [0.4, 0.5) is 5.69 Å². The zero-order valence-electron chi connectivity index (χ0n) is 12.7. The van der Waals surface area contributed by atoms with Gasteiger partial charge in [0.05, 0.1) is 5.54 Å². The van der Waals surface area contributed by atoms with Crippen LogP contribution in [0.15, 0.2) is 18.2 Å². The van der Waals surface area contributed by atoms with Crippen LogP contribution in [0.5, 0.6) is 0 Å². The van der Waals surface area contributed by atoms with Crippen molar-refractivity contribution in [3.05, 3.63) is 23.8 Å². The molecule has 2 N–H and O–H groups in total. The Bertz CT molecular complexity index is 575. The van der Waals surface area contributed by atoms with Crippen molar-refractivity contribution in [2.75, 3.05) is 5.73 Å². The summed E-state index contributed by atoms with van der Waals surface area (Å²) in [6.45, 7) is 8.56. The number of nitrogen functional groups attached to an aromatic ring is 1. The standard InChI is InChI=1S/C15H23N5/c1-5-15(6-2,7-3)20-14(17-18-19-20)12-8-9-13(16)11(4)10-12/h8-10H,5-7,16H2,1-4H3. The van der Waals surface area contributed by atoms with E-state index in [-0.39, 0.29) is 5.54 Å². The summed E-state index contributed by atoms with van der Waals surface area (Å²) in [5.41, 5.74) is 8.72. The minimum Gasteiger partial charge on any atom is -0.399 e. The molecule has 0 bridgehead atoms. The van der Waals surface area contributed by atoms with E-state index in [2.05, 4.69) is 36.3 Å². The molecule has 0 aliphatic heterocycles. The summed E-state index contributed by atoms with van der Waals surface area (Å²) in [5.74, 6) is 0.818. The lowest BCUT2D eigenvalue weighted by Gasteiger charge is -2.31. The van der Waals surface area contributed by atoms with Crippen LogP contribution in [0, 0.1) is 6.92 Å². The maximum absolute atomic E-state index is 5.89. The fraction of sp³-hybridized carbons (Fsp3) is 0.533. The predicted molar refractivity (Wildman–Crippen MR) is 81.2 cm³/mol. The molecule has 0 saturated heterocycles. The van der Waals surface area contributed by atoms with Gasteiger partial charge >= 0.3 is 0 Å². The molecule has 0 amide bonds. The molecule has 0 aliphatic carbocycles. The lowest BCUT2D eigenvalue weighted by molar-refractivity contribution is 0.223. The summed E-state index contributed by atoms with van der Waals surface area (Å²) in [6.07, 6.45) is 3.02. The lowest BCUT2D eigenvalue weighted by Crippen LogP contribution is -2.33. The van der Waals surface area contributed by atoms with Crippen LogP contribution in [0.25, 0.3) is 11.4 Å². The summed E-state index contributed by atoms with van der Waals surface area (Å²) in [6, 6.07) is 5.94. The first-order valence-corrected chi connectivity index (χ1v) is 7.23. The van der Waals surface area contributed by atoms with Gasteiger partial charge in [-0.2, -0.15) is 0 Å². The van der Waals surface area contributed by atoms with Gasteiger partial charge in [0, 0.05) is 11.3 Å². The fourth-order valence-electron chi connectivity index (χ4n) is 2.70. The molecule has 108 valence electrons. The van der Waals surface area contributed by atoms with E-state index in [1.54, 1.807) is 0 Å². The zero-order chi connectivity index (χ0) is 14.8. The molecule has 0 unspecified atom stereocenters. The average Bonchev–Trinajstić information content (AvgIpc) is 2.95. The van der Waals surface area contributed by atoms with Crippen LogP contribution < -0.4 is 5.73 Å². The smallest absolute Gasteiger partial charge is 0.182 e. The summed E-state index contributed by atoms with van der Waals surface area (Å²) in [5, 5.41) is 12.4. The molecule has 2 aromatic rings. The molecule has 5 nitrogen and oxygen atoms in total. The van der Waals surface area contributed by atoms with Gasteiger partial charge in [0.2, 0.25) is 0 Å². The Morgan fingerprint density at radius 1 is 1.15 bits per heavy atom. The van der Waals surface area contributed by atoms with Gasteiger partial charge in [0.25, 0.3) is 0 Å². The topological polar surface area (TPSA) is 69.6 Å². The second-order valence-electron chi connectivity index (χ2n) is 5.27.